The van der Waals surface area contributed by atoms with E-state index in [4.69, 9.17) is 40.5 Å². The van der Waals surface area contributed by atoms with Gasteiger partial charge in [-0.25, -0.2) is 9.97 Å². The molecule has 208 valence electrons. The van der Waals surface area contributed by atoms with Crippen LogP contribution in [0.3, 0.4) is 0 Å². The molecule has 0 aliphatic rings. The summed E-state index contributed by atoms with van der Waals surface area (Å²) >= 11 is 6.25. The van der Waals surface area contributed by atoms with Crippen molar-refractivity contribution < 1.29 is 23.7 Å². The third-order valence-electron chi connectivity index (χ3n) is 6.64. The van der Waals surface area contributed by atoms with Gasteiger partial charge in [-0.1, -0.05) is 29.8 Å². The maximum atomic E-state index is 13.0. The fraction of sp³-hybridized carbons (Fsp3) is 0.156. The SMILES string of the molecule is COc1ccc(-c2nc3ccc(C(=O)NCc4ccccc4Cl)cc3nc2-c2ccc(OC)c(OC)c2)cc1OC. The van der Waals surface area contributed by atoms with Crippen molar-refractivity contribution in [2.24, 2.45) is 0 Å². The summed E-state index contributed by atoms with van der Waals surface area (Å²) < 4.78 is 21.9. The number of carbonyl (C=O) groups excluding carboxylic acids is 1. The van der Waals surface area contributed by atoms with E-state index in [1.54, 1.807) is 52.7 Å². The number of fused-ring (bicyclic) bond motifs is 1. The number of amides is 1. The number of hydrogen-bond donors (Lipinski definition) is 1. The zero-order valence-electron chi connectivity index (χ0n) is 23.0. The lowest BCUT2D eigenvalue weighted by molar-refractivity contribution is 0.0951. The van der Waals surface area contributed by atoms with Gasteiger partial charge in [0.05, 0.1) is 50.9 Å². The fourth-order valence-electron chi connectivity index (χ4n) is 4.48. The number of methoxy groups -OCH3 is 4. The van der Waals surface area contributed by atoms with Crippen LogP contribution in [0.25, 0.3) is 33.5 Å². The Morgan fingerprint density at radius 3 is 1.80 bits per heavy atom. The van der Waals surface area contributed by atoms with Gasteiger partial charge in [0.25, 0.3) is 5.91 Å². The number of nitrogens with one attached hydrogen (secondary N) is 1. The van der Waals surface area contributed by atoms with Gasteiger partial charge in [0.1, 0.15) is 0 Å². The highest BCUT2D eigenvalue weighted by atomic mass is 35.5. The quantitative estimate of drug-likeness (QED) is 0.214. The molecule has 5 rings (SSSR count). The molecule has 0 radical (unpaired) electrons. The van der Waals surface area contributed by atoms with Crippen LogP contribution in [0.4, 0.5) is 0 Å². The van der Waals surface area contributed by atoms with Crippen LogP contribution in [0, 0.1) is 0 Å². The number of nitrogens with zero attached hydrogens (tertiary/aromatic N) is 2. The fourth-order valence-corrected chi connectivity index (χ4v) is 4.69. The third-order valence-corrected chi connectivity index (χ3v) is 7.01. The number of ether oxygens (including phenoxy) is 4. The van der Waals surface area contributed by atoms with E-state index in [1.807, 2.05) is 54.6 Å². The molecule has 1 amide bonds. The van der Waals surface area contributed by atoms with E-state index in [0.29, 0.717) is 62.6 Å². The molecule has 1 heterocycles. The average molecular weight is 570 g/mol. The van der Waals surface area contributed by atoms with Gasteiger partial charge in [-0.2, -0.15) is 0 Å². The molecular weight excluding hydrogens is 542 g/mol. The summed E-state index contributed by atoms with van der Waals surface area (Å²) in [5, 5.41) is 3.52. The summed E-state index contributed by atoms with van der Waals surface area (Å²) in [6.07, 6.45) is 0. The first-order valence-electron chi connectivity index (χ1n) is 12.7. The first kappa shape index (κ1) is 27.7. The predicted molar refractivity (Wildman–Crippen MR) is 159 cm³/mol. The minimum Gasteiger partial charge on any atom is -0.493 e. The second-order valence-corrected chi connectivity index (χ2v) is 9.45. The lowest BCUT2D eigenvalue weighted by Gasteiger charge is -2.15. The summed E-state index contributed by atoms with van der Waals surface area (Å²) in [7, 11) is 6.34. The summed E-state index contributed by atoms with van der Waals surface area (Å²) in [4.78, 5) is 23.0. The number of hydrogen-bond acceptors (Lipinski definition) is 7. The lowest BCUT2D eigenvalue weighted by Crippen LogP contribution is -2.22. The van der Waals surface area contributed by atoms with Crippen molar-refractivity contribution in [1.29, 1.82) is 0 Å². The minimum absolute atomic E-state index is 0.245. The van der Waals surface area contributed by atoms with Crippen molar-refractivity contribution in [1.82, 2.24) is 15.3 Å². The highest BCUT2D eigenvalue weighted by molar-refractivity contribution is 6.31. The van der Waals surface area contributed by atoms with Gasteiger partial charge in [0.2, 0.25) is 0 Å². The maximum absolute atomic E-state index is 13.0. The predicted octanol–water partition coefficient (Wildman–Crippen LogP) is 6.58. The molecular formula is C32H28ClN3O5. The van der Waals surface area contributed by atoms with Crippen LogP contribution in [0.2, 0.25) is 5.02 Å². The highest BCUT2D eigenvalue weighted by Gasteiger charge is 2.18. The summed E-state index contributed by atoms with van der Waals surface area (Å²) in [5.41, 5.74) is 5.24. The van der Waals surface area contributed by atoms with Gasteiger partial charge in [-0.05, 0) is 66.2 Å². The van der Waals surface area contributed by atoms with Crippen molar-refractivity contribution in [2.45, 2.75) is 6.54 Å². The van der Waals surface area contributed by atoms with Gasteiger partial charge in [0, 0.05) is 28.3 Å². The van der Waals surface area contributed by atoms with Gasteiger partial charge in [-0.3, -0.25) is 4.79 Å². The van der Waals surface area contributed by atoms with E-state index >= 15 is 0 Å². The highest BCUT2D eigenvalue weighted by Crippen LogP contribution is 2.39. The number of aromatic nitrogens is 2. The Kier molecular flexibility index (Phi) is 8.21. The van der Waals surface area contributed by atoms with Crippen LogP contribution < -0.4 is 24.3 Å². The summed E-state index contributed by atoms with van der Waals surface area (Å²) in [5.74, 6) is 2.07. The Balaban J connectivity index is 1.60. The zero-order chi connectivity index (χ0) is 28.9. The monoisotopic (exact) mass is 569 g/mol. The van der Waals surface area contributed by atoms with Crippen LogP contribution in [0.5, 0.6) is 23.0 Å². The van der Waals surface area contributed by atoms with E-state index in [9.17, 15) is 4.79 Å². The topological polar surface area (TPSA) is 91.8 Å². The van der Waals surface area contributed by atoms with E-state index in [-0.39, 0.29) is 5.91 Å². The van der Waals surface area contributed by atoms with E-state index in [2.05, 4.69) is 5.32 Å². The van der Waals surface area contributed by atoms with E-state index in [0.717, 1.165) is 16.7 Å². The molecule has 4 aromatic carbocycles. The van der Waals surface area contributed by atoms with Crippen molar-refractivity contribution in [3.63, 3.8) is 0 Å². The Morgan fingerprint density at radius 1 is 0.683 bits per heavy atom. The zero-order valence-corrected chi connectivity index (χ0v) is 23.8. The van der Waals surface area contributed by atoms with Gasteiger partial charge in [0.15, 0.2) is 23.0 Å². The first-order chi connectivity index (χ1) is 19.9. The molecule has 0 saturated carbocycles. The van der Waals surface area contributed by atoms with Crippen molar-refractivity contribution in [2.75, 3.05) is 28.4 Å². The Morgan fingerprint density at radius 2 is 1.24 bits per heavy atom. The van der Waals surface area contributed by atoms with Crippen LogP contribution in [0.15, 0.2) is 78.9 Å². The van der Waals surface area contributed by atoms with Gasteiger partial charge < -0.3 is 24.3 Å². The lowest BCUT2D eigenvalue weighted by atomic mass is 10.0. The summed E-state index contributed by atoms with van der Waals surface area (Å²) in [6, 6.07) is 23.8. The number of benzene rings is 4. The van der Waals surface area contributed by atoms with E-state index in [1.165, 1.54) is 0 Å². The van der Waals surface area contributed by atoms with Crippen molar-refractivity contribution >= 4 is 28.5 Å². The molecule has 0 aliphatic heterocycles. The van der Waals surface area contributed by atoms with Crippen molar-refractivity contribution in [3.8, 4) is 45.5 Å². The molecule has 9 heteroatoms. The molecule has 0 saturated heterocycles. The van der Waals surface area contributed by atoms with Crippen molar-refractivity contribution in [3.05, 3.63) is 95.0 Å². The Bertz CT molecular complexity index is 1740. The Labute approximate surface area is 242 Å². The normalized spacial score (nSPS) is 10.8. The molecule has 0 atom stereocenters. The van der Waals surface area contributed by atoms with Crippen LogP contribution in [0.1, 0.15) is 15.9 Å². The van der Waals surface area contributed by atoms with Crippen LogP contribution in [-0.4, -0.2) is 44.3 Å². The van der Waals surface area contributed by atoms with Crippen LogP contribution >= 0.6 is 11.6 Å². The molecule has 0 fully saturated rings. The number of halogens is 1. The van der Waals surface area contributed by atoms with Gasteiger partial charge in [-0.15, -0.1) is 0 Å². The molecule has 5 aromatic rings. The van der Waals surface area contributed by atoms with E-state index < -0.39 is 0 Å². The second kappa shape index (κ2) is 12.1. The molecule has 0 bridgehead atoms. The minimum atomic E-state index is -0.245. The van der Waals surface area contributed by atoms with Gasteiger partial charge >= 0.3 is 0 Å². The maximum Gasteiger partial charge on any atom is 0.251 e. The molecule has 1 N–H and O–H groups in total. The molecule has 41 heavy (non-hydrogen) atoms. The number of carbonyl (C=O) groups is 1. The largest absolute Gasteiger partial charge is 0.493 e. The molecule has 0 spiro atoms. The third kappa shape index (κ3) is 5.73. The smallest absolute Gasteiger partial charge is 0.251 e. The number of rotatable bonds is 9. The standard InChI is InChI=1S/C32H28ClN3O5/c1-38-26-13-10-19(16-28(26)40-3)30-31(20-11-14-27(39-2)29(17-20)41-4)36-25-15-21(9-12-24(25)35-30)32(37)34-18-22-7-5-6-8-23(22)33/h5-17H,18H2,1-4H3,(H,34,37). The van der Waals surface area contributed by atoms with Crippen LogP contribution in [-0.2, 0) is 6.54 Å². The Hall–Kier alpha value is -4.82. The average Bonchev–Trinajstić information content (AvgIpc) is 3.02. The molecule has 0 unspecified atom stereocenters. The molecule has 0 aliphatic carbocycles. The molecule has 8 nitrogen and oxygen atoms in total. The first-order valence-corrected chi connectivity index (χ1v) is 13.1. The summed E-state index contributed by atoms with van der Waals surface area (Å²) in [6.45, 7) is 0.303. The molecule has 1 aromatic heterocycles. The second-order valence-electron chi connectivity index (χ2n) is 9.04.